The maximum Gasteiger partial charge on any atom is 0.238 e. The number of nitriles is 1. The van der Waals surface area contributed by atoms with Crippen LogP contribution in [-0.4, -0.2) is 11.8 Å². The largest absolute Gasteiger partial charge is 0.326 e. The number of benzene rings is 2. The highest BCUT2D eigenvalue weighted by atomic mass is 19.1. The molecule has 0 bridgehead atoms. The highest BCUT2D eigenvalue weighted by Gasteiger charge is 2.06. The van der Waals surface area contributed by atoms with Crippen LogP contribution in [0.25, 0.3) is 0 Å². The van der Waals surface area contributed by atoms with Gasteiger partial charge in [0.25, 0.3) is 0 Å². The molecule has 2 rings (SSSR count). The Bertz CT molecular complexity index is 751. The Labute approximate surface area is 132 Å². The summed E-state index contributed by atoms with van der Waals surface area (Å²) in [4.78, 5) is 23.3. The zero-order valence-corrected chi connectivity index (χ0v) is 12.2. The average Bonchev–Trinajstić information content (AvgIpc) is 2.50. The molecule has 0 atom stereocenters. The van der Waals surface area contributed by atoms with Gasteiger partial charge in [-0.2, -0.15) is 5.26 Å². The number of carbonyl (C=O) groups excluding carboxylic acids is 2. The lowest BCUT2D eigenvalue weighted by Crippen LogP contribution is -2.15. The van der Waals surface area contributed by atoms with Crippen molar-refractivity contribution < 1.29 is 14.0 Å². The normalized spacial score (nSPS) is 9.74. The molecule has 0 saturated carbocycles. The van der Waals surface area contributed by atoms with Crippen molar-refractivity contribution in [2.45, 2.75) is 12.8 Å². The second-order valence-corrected chi connectivity index (χ2v) is 4.82. The number of amides is 2. The van der Waals surface area contributed by atoms with E-state index >= 15 is 0 Å². The molecule has 0 aromatic heterocycles. The van der Waals surface area contributed by atoms with Gasteiger partial charge < -0.3 is 10.6 Å². The first-order valence-corrected chi connectivity index (χ1v) is 6.88. The third kappa shape index (κ3) is 5.25. The first-order chi connectivity index (χ1) is 11.1. The molecule has 2 aromatic carbocycles. The number of nitrogens with one attached hydrogen (secondary N) is 2. The molecule has 2 N–H and O–H groups in total. The van der Waals surface area contributed by atoms with Crippen molar-refractivity contribution >= 4 is 23.2 Å². The molecule has 0 fully saturated rings. The van der Waals surface area contributed by atoms with E-state index in [0.29, 0.717) is 16.9 Å². The van der Waals surface area contributed by atoms with E-state index < -0.39 is 5.91 Å². The molecule has 0 spiro atoms. The minimum atomic E-state index is -0.415. The van der Waals surface area contributed by atoms with E-state index in [-0.39, 0.29) is 24.6 Å². The Hall–Kier alpha value is -3.20. The molecule has 2 aromatic rings. The highest BCUT2D eigenvalue weighted by molar-refractivity contribution is 5.95. The van der Waals surface area contributed by atoms with E-state index in [1.54, 1.807) is 42.5 Å². The zero-order valence-electron chi connectivity index (χ0n) is 12.2. The van der Waals surface area contributed by atoms with Crippen LogP contribution in [0.3, 0.4) is 0 Å². The molecule has 5 nitrogen and oxygen atoms in total. The van der Waals surface area contributed by atoms with Gasteiger partial charge in [-0.3, -0.25) is 9.59 Å². The monoisotopic (exact) mass is 311 g/mol. The summed E-state index contributed by atoms with van der Waals surface area (Å²) in [6, 6.07) is 14.1. The second kappa shape index (κ2) is 7.71. The van der Waals surface area contributed by atoms with E-state index in [4.69, 9.17) is 5.26 Å². The molecular formula is C17H14FN3O2. The Morgan fingerprint density at radius 3 is 2.22 bits per heavy atom. The smallest absolute Gasteiger partial charge is 0.238 e. The Balaban J connectivity index is 1.97. The molecule has 6 heteroatoms. The molecular weight excluding hydrogens is 297 g/mol. The Morgan fingerprint density at radius 1 is 1.00 bits per heavy atom. The van der Waals surface area contributed by atoms with Gasteiger partial charge in [-0.15, -0.1) is 0 Å². The molecule has 0 heterocycles. The molecule has 0 unspecified atom stereocenters. The van der Waals surface area contributed by atoms with Crippen LogP contribution < -0.4 is 10.6 Å². The summed E-state index contributed by atoms with van der Waals surface area (Å²) in [5.41, 5.74) is 1.71. The van der Waals surface area contributed by atoms with Crippen molar-refractivity contribution in [3.63, 3.8) is 0 Å². The van der Waals surface area contributed by atoms with Crippen LogP contribution in [0, 0.1) is 17.1 Å². The van der Waals surface area contributed by atoms with Crippen molar-refractivity contribution in [3.05, 3.63) is 59.9 Å². The lowest BCUT2D eigenvalue weighted by Gasteiger charge is -2.08. The molecule has 0 radical (unpaired) electrons. The number of hydrogen-bond acceptors (Lipinski definition) is 3. The Kier molecular flexibility index (Phi) is 5.42. The fourth-order valence-corrected chi connectivity index (χ4v) is 1.94. The van der Waals surface area contributed by atoms with Crippen LogP contribution >= 0.6 is 0 Å². The fourth-order valence-electron chi connectivity index (χ4n) is 1.94. The third-order valence-corrected chi connectivity index (χ3v) is 2.95. The van der Waals surface area contributed by atoms with E-state index in [1.165, 1.54) is 12.1 Å². The minimum Gasteiger partial charge on any atom is -0.326 e. The van der Waals surface area contributed by atoms with Gasteiger partial charge in [0, 0.05) is 11.4 Å². The number of rotatable bonds is 5. The first kappa shape index (κ1) is 16.2. The maximum atomic E-state index is 12.8. The van der Waals surface area contributed by atoms with Crippen molar-refractivity contribution in [1.82, 2.24) is 0 Å². The molecule has 0 saturated heterocycles. The standard InChI is InChI=1S/C17H14FN3O2/c18-13-6-4-12(5-7-13)10-17(23)21-15-3-1-2-14(11-15)20-16(22)8-9-19/h1-7,11H,8,10H2,(H,20,22)(H,21,23). The molecule has 23 heavy (non-hydrogen) atoms. The lowest BCUT2D eigenvalue weighted by molar-refractivity contribution is -0.116. The summed E-state index contributed by atoms with van der Waals surface area (Å²) >= 11 is 0. The van der Waals surface area contributed by atoms with Gasteiger partial charge in [-0.05, 0) is 35.9 Å². The molecule has 0 aliphatic carbocycles. The van der Waals surface area contributed by atoms with Crippen molar-refractivity contribution in [3.8, 4) is 6.07 Å². The summed E-state index contributed by atoms with van der Waals surface area (Å²) in [5.74, 6) is -1.02. The van der Waals surface area contributed by atoms with E-state index in [9.17, 15) is 14.0 Å². The predicted molar refractivity (Wildman–Crippen MR) is 84.0 cm³/mol. The van der Waals surface area contributed by atoms with Crippen molar-refractivity contribution in [2.24, 2.45) is 0 Å². The van der Waals surface area contributed by atoms with Gasteiger partial charge in [-0.1, -0.05) is 18.2 Å². The average molecular weight is 311 g/mol. The van der Waals surface area contributed by atoms with Crippen molar-refractivity contribution in [1.29, 1.82) is 5.26 Å². The van der Waals surface area contributed by atoms with Gasteiger partial charge in [0.05, 0.1) is 12.5 Å². The highest BCUT2D eigenvalue weighted by Crippen LogP contribution is 2.16. The SMILES string of the molecule is N#CCC(=O)Nc1cccc(NC(=O)Cc2ccc(F)cc2)c1. The Morgan fingerprint density at radius 2 is 1.61 bits per heavy atom. The van der Waals surface area contributed by atoms with Crippen LogP contribution in [0.1, 0.15) is 12.0 Å². The maximum absolute atomic E-state index is 12.8. The summed E-state index contributed by atoms with van der Waals surface area (Å²) in [5, 5.41) is 13.7. The zero-order chi connectivity index (χ0) is 16.7. The second-order valence-electron chi connectivity index (χ2n) is 4.82. The summed E-state index contributed by atoms with van der Waals surface area (Å²) < 4.78 is 12.8. The summed E-state index contributed by atoms with van der Waals surface area (Å²) in [6.07, 6.45) is -0.119. The number of carbonyl (C=O) groups is 2. The van der Waals surface area contributed by atoms with Crippen molar-refractivity contribution in [2.75, 3.05) is 10.6 Å². The fraction of sp³-hybridized carbons (Fsp3) is 0.118. The number of anilines is 2. The van der Waals surface area contributed by atoms with Crippen LogP contribution in [0.15, 0.2) is 48.5 Å². The lowest BCUT2D eigenvalue weighted by atomic mass is 10.1. The van der Waals surface area contributed by atoms with Gasteiger partial charge in [0.2, 0.25) is 11.8 Å². The number of nitrogens with zero attached hydrogens (tertiary/aromatic N) is 1. The predicted octanol–water partition coefficient (Wildman–Crippen LogP) is 2.86. The van der Waals surface area contributed by atoms with Crippen LogP contribution in [-0.2, 0) is 16.0 Å². The number of halogens is 1. The van der Waals surface area contributed by atoms with Gasteiger partial charge in [0.15, 0.2) is 0 Å². The molecule has 0 aliphatic heterocycles. The third-order valence-electron chi connectivity index (χ3n) is 2.95. The van der Waals surface area contributed by atoms with Gasteiger partial charge in [0.1, 0.15) is 12.2 Å². The van der Waals surface area contributed by atoms with E-state index in [0.717, 1.165) is 0 Å². The molecule has 0 aliphatic rings. The van der Waals surface area contributed by atoms with Gasteiger partial charge in [-0.25, -0.2) is 4.39 Å². The molecule has 2 amide bonds. The molecule has 116 valence electrons. The topological polar surface area (TPSA) is 82.0 Å². The number of hydrogen-bond donors (Lipinski definition) is 2. The first-order valence-electron chi connectivity index (χ1n) is 6.88. The quantitative estimate of drug-likeness (QED) is 0.890. The van der Waals surface area contributed by atoms with Crippen LogP contribution in [0.2, 0.25) is 0 Å². The summed E-state index contributed by atoms with van der Waals surface area (Å²) in [6.45, 7) is 0. The van der Waals surface area contributed by atoms with E-state index in [2.05, 4.69) is 10.6 Å². The van der Waals surface area contributed by atoms with Gasteiger partial charge >= 0.3 is 0 Å². The van der Waals surface area contributed by atoms with E-state index in [1.807, 2.05) is 0 Å². The summed E-state index contributed by atoms with van der Waals surface area (Å²) in [7, 11) is 0. The van der Waals surface area contributed by atoms with Crippen LogP contribution in [0.5, 0.6) is 0 Å². The minimum absolute atomic E-state index is 0.116. The van der Waals surface area contributed by atoms with Crippen LogP contribution in [0.4, 0.5) is 15.8 Å².